The number of hydrogen-bond donors (Lipinski definition) is 0. The molecule has 0 aromatic rings. The van der Waals surface area contributed by atoms with Crippen LogP contribution in [0.2, 0.25) is 0 Å². The first-order valence-electron chi connectivity index (χ1n) is 9.57. The van der Waals surface area contributed by atoms with Gasteiger partial charge in [-0.1, -0.05) is 48.5 Å². The molecular formula is C21H44N2. The molecule has 1 aliphatic heterocycles. The maximum Gasteiger partial charge on any atom is 0.0184 e. The molecule has 0 N–H and O–H groups in total. The quantitative estimate of drug-likeness (QED) is 0.694. The molecule has 0 bridgehead atoms. The second-order valence-electron chi connectivity index (χ2n) is 11.3. The molecular weight excluding hydrogens is 280 g/mol. The highest BCUT2D eigenvalue weighted by Crippen LogP contribution is 2.39. The zero-order valence-corrected chi connectivity index (χ0v) is 18.0. The van der Waals surface area contributed by atoms with Crippen LogP contribution in [0.25, 0.3) is 0 Å². The van der Waals surface area contributed by atoms with Gasteiger partial charge >= 0.3 is 0 Å². The summed E-state index contributed by atoms with van der Waals surface area (Å²) in [7, 11) is 0. The van der Waals surface area contributed by atoms with Crippen LogP contribution in [0.4, 0.5) is 0 Å². The van der Waals surface area contributed by atoms with Gasteiger partial charge in [-0.05, 0) is 50.9 Å². The minimum atomic E-state index is 0.262. The summed E-state index contributed by atoms with van der Waals surface area (Å²) < 4.78 is 0. The van der Waals surface area contributed by atoms with Gasteiger partial charge in [0.25, 0.3) is 0 Å². The molecule has 23 heavy (non-hydrogen) atoms. The summed E-state index contributed by atoms with van der Waals surface area (Å²) in [6.45, 7) is 31.2. The lowest BCUT2D eigenvalue weighted by Gasteiger charge is -2.53. The van der Waals surface area contributed by atoms with Crippen LogP contribution in [0.5, 0.6) is 0 Å². The van der Waals surface area contributed by atoms with Gasteiger partial charge in [0, 0.05) is 37.3 Å². The molecule has 1 fully saturated rings. The maximum absolute atomic E-state index is 2.73. The number of nitrogens with zero attached hydrogens (tertiary/aromatic N) is 2. The van der Waals surface area contributed by atoms with Crippen LogP contribution in [0.15, 0.2) is 0 Å². The van der Waals surface area contributed by atoms with Crippen molar-refractivity contribution in [1.82, 2.24) is 9.80 Å². The monoisotopic (exact) mass is 324 g/mol. The van der Waals surface area contributed by atoms with Gasteiger partial charge in [0.05, 0.1) is 0 Å². The average Bonchev–Trinajstić information content (AvgIpc) is 2.34. The van der Waals surface area contributed by atoms with Crippen LogP contribution in [0.3, 0.4) is 0 Å². The van der Waals surface area contributed by atoms with Gasteiger partial charge in [-0.25, -0.2) is 0 Å². The van der Waals surface area contributed by atoms with Crippen molar-refractivity contribution >= 4 is 0 Å². The SMILES string of the molecule is CC(C(C)(C)C)C(C)(C)N1CCN(C(C)(C)CC(C)(C)C)CC1. The van der Waals surface area contributed by atoms with Gasteiger partial charge in [0.15, 0.2) is 0 Å². The summed E-state index contributed by atoms with van der Waals surface area (Å²) in [5, 5.41) is 0. The largest absolute Gasteiger partial charge is 0.296 e. The Morgan fingerprint density at radius 3 is 1.43 bits per heavy atom. The van der Waals surface area contributed by atoms with Crippen LogP contribution in [-0.4, -0.2) is 47.1 Å². The van der Waals surface area contributed by atoms with Crippen molar-refractivity contribution in [3.63, 3.8) is 0 Å². The molecule has 1 saturated heterocycles. The molecule has 0 saturated carbocycles. The van der Waals surface area contributed by atoms with Crippen LogP contribution < -0.4 is 0 Å². The standard InChI is InChI=1S/C21H44N2/c1-17(19(5,6)7)21(10,11)23-14-12-22(13-15-23)20(8,9)16-18(2,3)4/h17H,12-16H2,1-11H3. The Morgan fingerprint density at radius 2 is 1.09 bits per heavy atom. The van der Waals surface area contributed by atoms with E-state index in [1.54, 1.807) is 0 Å². The van der Waals surface area contributed by atoms with Crippen molar-refractivity contribution in [1.29, 1.82) is 0 Å². The van der Waals surface area contributed by atoms with Gasteiger partial charge in [0.2, 0.25) is 0 Å². The van der Waals surface area contributed by atoms with Crippen molar-refractivity contribution in [3.8, 4) is 0 Å². The predicted molar refractivity (Wildman–Crippen MR) is 104 cm³/mol. The summed E-state index contributed by atoms with van der Waals surface area (Å²) in [6, 6.07) is 0. The summed E-state index contributed by atoms with van der Waals surface area (Å²) in [6.07, 6.45) is 1.25. The fourth-order valence-corrected chi connectivity index (χ4v) is 4.63. The third-order valence-electron chi connectivity index (χ3n) is 6.27. The van der Waals surface area contributed by atoms with Gasteiger partial charge in [0.1, 0.15) is 0 Å². The highest BCUT2D eigenvalue weighted by molar-refractivity contribution is 4.96. The normalized spacial score (nSPS) is 21.5. The summed E-state index contributed by atoms with van der Waals surface area (Å²) in [5.41, 5.74) is 1.30. The van der Waals surface area contributed by atoms with Gasteiger partial charge < -0.3 is 0 Å². The third-order valence-corrected chi connectivity index (χ3v) is 6.27. The summed E-state index contributed by atoms with van der Waals surface area (Å²) >= 11 is 0. The second kappa shape index (κ2) is 6.67. The van der Waals surface area contributed by atoms with E-state index in [0.717, 1.165) is 0 Å². The highest BCUT2D eigenvalue weighted by atomic mass is 15.3. The first-order valence-corrected chi connectivity index (χ1v) is 9.57. The Hall–Kier alpha value is -0.0800. The Morgan fingerprint density at radius 1 is 0.696 bits per heavy atom. The summed E-state index contributed by atoms with van der Waals surface area (Å²) in [5.74, 6) is 0.670. The Kier molecular flexibility index (Phi) is 6.08. The Balaban J connectivity index is 2.72. The minimum Gasteiger partial charge on any atom is -0.296 e. The molecule has 1 atom stereocenters. The fourth-order valence-electron chi connectivity index (χ4n) is 4.63. The first kappa shape index (κ1) is 21.0. The summed E-state index contributed by atoms with van der Waals surface area (Å²) in [4.78, 5) is 5.44. The van der Waals surface area contributed by atoms with Crippen molar-refractivity contribution in [3.05, 3.63) is 0 Å². The van der Waals surface area contributed by atoms with E-state index < -0.39 is 0 Å². The predicted octanol–water partition coefficient (Wildman–Crippen LogP) is 5.28. The van der Waals surface area contributed by atoms with Crippen molar-refractivity contribution in [2.45, 2.75) is 93.7 Å². The molecule has 1 heterocycles. The number of hydrogen-bond acceptors (Lipinski definition) is 2. The van der Waals surface area contributed by atoms with E-state index in [9.17, 15) is 0 Å². The van der Waals surface area contributed by atoms with Crippen LogP contribution in [-0.2, 0) is 0 Å². The van der Waals surface area contributed by atoms with E-state index in [2.05, 4.69) is 86.0 Å². The molecule has 1 unspecified atom stereocenters. The van der Waals surface area contributed by atoms with Crippen LogP contribution in [0, 0.1) is 16.7 Å². The van der Waals surface area contributed by atoms with E-state index >= 15 is 0 Å². The molecule has 2 nitrogen and oxygen atoms in total. The zero-order valence-electron chi connectivity index (χ0n) is 18.0. The minimum absolute atomic E-state index is 0.262. The average molecular weight is 325 g/mol. The highest BCUT2D eigenvalue weighted by Gasteiger charge is 2.41. The van der Waals surface area contributed by atoms with Gasteiger partial charge in [-0.3, -0.25) is 9.80 Å². The van der Waals surface area contributed by atoms with E-state index in [1.807, 2.05) is 0 Å². The maximum atomic E-state index is 2.73. The van der Waals surface area contributed by atoms with E-state index in [4.69, 9.17) is 0 Å². The Labute approximate surface area is 147 Å². The third kappa shape index (κ3) is 5.46. The molecule has 0 aromatic carbocycles. The lowest BCUT2D eigenvalue weighted by atomic mass is 9.70. The first-order chi connectivity index (χ1) is 10.1. The molecule has 0 aliphatic carbocycles. The molecule has 1 aliphatic rings. The molecule has 0 spiro atoms. The fraction of sp³-hybridized carbons (Fsp3) is 1.00. The molecule has 0 aromatic heterocycles. The second-order valence-corrected chi connectivity index (χ2v) is 11.3. The number of piperazine rings is 1. The smallest absolute Gasteiger partial charge is 0.0184 e. The van der Waals surface area contributed by atoms with Crippen molar-refractivity contribution in [2.24, 2.45) is 16.7 Å². The van der Waals surface area contributed by atoms with Crippen LogP contribution in [0.1, 0.15) is 82.6 Å². The van der Waals surface area contributed by atoms with Gasteiger partial charge in [-0.15, -0.1) is 0 Å². The van der Waals surface area contributed by atoms with E-state index in [-0.39, 0.29) is 5.54 Å². The lowest BCUT2D eigenvalue weighted by Crippen LogP contribution is -2.62. The Bertz CT molecular complexity index is 374. The van der Waals surface area contributed by atoms with E-state index in [1.165, 1.54) is 32.6 Å². The molecule has 1 rings (SSSR count). The van der Waals surface area contributed by atoms with Gasteiger partial charge in [-0.2, -0.15) is 0 Å². The topological polar surface area (TPSA) is 6.48 Å². The zero-order chi connectivity index (χ0) is 18.3. The van der Waals surface area contributed by atoms with Crippen LogP contribution >= 0.6 is 0 Å². The van der Waals surface area contributed by atoms with E-state index in [0.29, 0.717) is 22.3 Å². The van der Waals surface area contributed by atoms with Crippen molar-refractivity contribution in [2.75, 3.05) is 26.2 Å². The number of rotatable bonds is 4. The molecule has 2 heteroatoms. The molecule has 138 valence electrons. The molecule has 0 radical (unpaired) electrons. The molecule has 0 amide bonds. The lowest BCUT2D eigenvalue weighted by molar-refractivity contribution is -0.0401. The van der Waals surface area contributed by atoms with Crippen molar-refractivity contribution < 1.29 is 0 Å².